The summed E-state index contributed by atoms with van der Waals surface area (Å²) in [5, 5.41) is 21.3. The molecule has 0 N–H and O–H groups in total. The fourth-order valence-electron chi connectivity index (χ4n) is 4.60. The van der Waals surface area contributed by atoms with Crippen LogP contribution in [0, 0.1) is 10.4 Å². The van der Waals surface area contributed by atoms with Crippen molar-refractivity contribution in [2.45, 2.75) is 25.4 Å². The standard InChI is InChI=1S/C26H28Cl2N4O4.2C2H4NOS.Cu/c1-19(33)31-10-12-32(13-11-31)21-3-5-22(6-4-21)34-15-23-16-35-26(36-23,17-30-9-8-29-18-30)24-7-2-20(27)14-25(24)28;2*1-3(4)2-5;/h2-9,14,18,23H,10-13,15-17H2,1H3;2*2H,1H3;/q;2*-1;+2/t23-,26-;;;/m0.../s1. The summed E-state index contributed by atoms with van der Waals surface area (Å²) in [6, 6.07) is 13.3. The molecule has 2 saturated heterocycles. The first-order valence-electron chi connectivity index (χ1n) is 14.1. The summed E-state index contributed by atoms with van der Waals surface area (Å²) in [5.74, 6) is -0.201. The smallest absolute Gasteiger partial charge is 0.758 e. The van der Waals surface area contributed by atoms with Crippen LogP contribution in [0.4, 0.5) is 5.69 Å². The van der Waals surface area contributed by atoms with Crippen molar-refractivity contribution in [1.29, 1.82) is 0 Å². The Morgan fingerprint density at radius 3 is 2.21 bits per heavy atom. The van der Waals surface area contributed by atoms with Crippen LogP contribution < -0.4 is 9.64 Å². The molecule has 1 radical (unpaired) electrons. The average Bonchev–Trinajstić information content (AvgIpc) is 3.71. The van der Waals surface area contributed by atoms with Gasteiger partial charge in [-0.3, -0.25) is 4.79 Å². The summed E-state index contributed by atoms with van der Waals surface area (Å²) in [7, 11) is 2.68. The summed E-state index contributed by atoms with van der Waals surface area (Å²) in [6.07, 6.45) is 4.98. The molecule has 2 aromatic carbocycles. The predicted octanol–water partition coefficient (Wildman–Crippen LogP) is 4.95. The Bertz CT molecular complexity index is 1390. The molecule has 3 aromatic rings. The van der Waals surface area contributed by atoms with Crippen LogP contribution in [0.1, 0.15) is 12.5 Å². The average molecular weight is 775 g/mol. The van der Waals surface area contributed by atoms with Gasteiger partial charge in [0.1, 0.15) is 18.5 Å². The minimum atomic E-state index is -1.08. The Balaban J connectivity index is 0.000000612. The van der Waals surface area contributed by atoms with Gasteiger partial charge in [0.05, 0.1) is 35.5 Å². The number of hydrogen-bond acceptors (Lipinski definition) is 10. The van der Waals surface area contributed by atoms with Crippen LogP contribution in [0.2, 0.25) is 10.0 Å². The summed E-state index contributed by atoms with van der Waals surface area (Å²) >= 11 is 21.0. The Labute approximate surface area is 306 Å². The Morgan fingerprint density at radius 1 is 1.09 bits per heavy atom. The fraction of sp³-hybridized carbons (Fsp3) is 0.400. The second-order valence-electron chi connectivity index (χ2n) is 10.3. The molecule has 1 amide bonds. The normalized spacial score (nSPS) is 18.4. The van der Waals surface area contributed by atoms with Gasteiger partial charge in [-0.1, -0.05) is 53.7 Å². The van der Waals surface area contributed by atoms with Crippen molar-refractivity contribution < 1.29 is 36.1 Å². The van der Waals surface area contributed by atoms with Crippen LogP contribution in [0.3, 0.4) is 0 Å². The second-order valence-corrected chi connectivity index (χ2v) is 11.5. The molecule has 2 aliphatic heterocycles. The van der Waals surface area contributed by atoms with Crippen molar-refractivity contribution in [3.05, 3.63) is 87.2 Å². The second kappa shape index (κ2) is 20.1. The van der Waals surface area contributed by atoms with Crippen LogP contribution in [-0.2, 0) is 43.7 Å². The number of carbonyl (C=O) groups excluding carboxylic acids is 1. The number of carbonyl (C=O) groups is 1. The fourth-order valence-corrected chi connectivity index (χ4v) is 5.15. The zero-order chi connectivity index (χ0) is 33.7. The molecule has 259 valence electrons. The molecule has 0 unspecified atom stereocenters. The van der Waals surface area contributed by atoms with E-state index in [1.54, 1.807) is 31.6 Å². The van der Waals surface area contributed by atoms with E-state index in [-0.39, 0.29) is 29.1 Å². The third kappa shape index (κ3) is 12.8. The summed E-state index contributed by atoms with van der Waals surface area (Å²) in [4.78, 5) is 19.8. The molecule has 0 saturated carbocycles. The first-order valence-corrected chi connectivity index (χ1v) is 15.8. The summed E-state index contributed by atoms with van der Waals surface area (Å²) in [6.45, 7) is 5.80. The molecule has 0 aliphatic carbocycles. The number of imidazole rings is 1. The number of amides is 1. The topological polar surface area (TPSA) is 122 Å². The first-order chi connectivity index (χ1) is 22.0. The Hall–Kier alpha value is -2.56. The van der Waals surface area contributed by atoms with Crippen LogP contribution in [0.25, 0.3) is 0 Å². The van der Waals surface area contributed by atoms with Gasteiger partial charge >= 0.3 is 17.1 Å². The predicted molar refractivity (Wildman–Crippen MR) is 187 cm³/mol. The number of hydrogen-bond donors (Lipinski definition) is 0. The largest absolute Gasteiger partial charge is 2.00 e. The van der Waals surface area contributed by atoms with Gasteiger partial charge in [0, 0.05) is 61.8 Å². The number of thiocarbonyl (C=S) groups is 2. The van der Waals surface area contributed by atoms with E-state index in [0.717, 1.165) is 48.6 Å². The van der Waals surface area contributed by atoms with E-state index >= 15 is 0 Å². The number of halogens is 2. The van der Waals surface area contributed by atoms with Crippen LogP contribution in [0.5, 0.6) is 5.75 Å². The van der Waals surface area contributed by atoms with Crippen molar-refractivity contribution in [3.63, 3.8) is 0 Å². The summed E-state index contributed by atoms with van der Waals surface area (Å²) < 4.78 is 20.6. The third-order valence-corrected chi connectivity index (χ3v) is 7.95. The Kier molecular flexibility index (Phi) is 17.3. The minimum Gasteiger partial charge on any atom is -0.758 e. The van der Waals surface area contributed by atoms with Crippen molar-refractivity contribution in [2.24, 2.45) is 0 Å². The van der Waals surface area contributed by atoms with Crippen molar-refractivity contribution in [1.82, 2.24) is 24.6 Å². The molecule has 0 spiro atoms. The summed E-state index contributed by atoms with van der Waals surface area (Å²) in [5.41, 5.74) is 3.88. The van der Waals surface area contributed by atoms with Gasteiger partial charge in [0.2, 0.25) is 11.7 Å². The molecule has 2 atom stereocenters. The van der Waals surface area contributed by atoms with Gasteiger partial charge in [-0.25, -0.2) is 4.98 Å². The van der Waals surface area contributed by atoms with E-state index in [4.69, 9.17) is 37.4 Å². The molecule has 5 rings (SSSR count). The first kappa shape index (κ1) is 40.6. The van der Waals surface area contributed by atoms with Crippen LogP contribution in [-0.4, -0.2) is 101 Å². The maximum absolute atomic E-state index is 11.6. The SMILES string of the molecule is CC(=O)N1CCN(c2ccc(OC[C@H]3CO[C@](Cn4ccnc4)(c4ccc(Cl)cc4Cl)O3)cc2)CC1.CN([O-])C=S.CN([O-])C=S.[Cu+2]. The number of anilines is 1. The van der Waals surface area contributed by atoms with Crippen molar-refractivity contribution in [3.8, 4) is 5.75 Å². The third-order valence-electron chi connectivity index (χ3n) is 6.81. The maximum Gasteiger partial charge on any atom is 2.00 e. The van der Waals surface area contributed by atoms with E-state index in [9.17, 15) is 15.2 Å². The van der Waals surface area contributed by atoms with Gasteiger partial charge in [0.25, 0.3) is 0 Å². The Morgan fingerprint density at radius 2 is 1.70 bits per heavy atom. The quantitative estimate of drug-likeness (QED) is 0.166. The van der Waals surface area contributed by atoms with Crippen molar-refractivity contribution in [2.75, 3.05) is 58.4 Å². The minimum absolute atomic E-state index is 0. The van der Waals surface area contributed by atoms with Crippen LogP contribution >= 0.6 is 47.6 Å². The molecule has 0 bridgehead atoms. The maximum atomic E-state index is 11.6. The number of rotatable bonds is 9. The van der Waals surface area contributed by atoms with Gasteiger partial charge < -0.3 is 49.1 Å². The van der Waals surface area contributed by atoms with Gasteiger partial charge in [0.15, 0.2) is 0 Å². The van der Waals surface area contributed by atoms with Gasteiger partial charge in [-0.05, 0) is 50.5 Å². The number of hydroxylamine groups is 4. The zero-order valence-electron chi connectivity index (χ0n) is 26.0. The molecule has 1 aromatic heterocycles. The van der Waals surface area contributed by atoms with E-state index in [1.165, 1.54) is 14.1 Å². The molecule has 17 heteroatoms. The number of benzene rings is 2. The monoisotopic (exact) mass is 773 g/mol. The molecular weight excluding hydrogens is 739 g/mol. The van der Waals surface area contributed by atoms with Gasteiger partial charge in [-0.2, -0.15) is 0 Å². The molecule has 2 aliphatic rings. The molecule has 2 fully saturated rings. The number of nitrogens with zero attached hydrogens (tertiary/aromatic N) is 6. The number of piperazine rings is 1. The van der Waals surface area contributed by atoms with E-state index < -0.39 is 5.79 Å². The van der Waals surface area contributed by atoms with Crippen molar-refractivity contribution >= 4 is 70.2 Å². The zero-order valence-corrected chi connectivity index (χ0v) is 30.0. The van der Waals surface area contributed by atoms with E-state index in [1.807, 2.05) is 46.0 Å². The molecular formula is C30H36Cl2CuN6O6S2. The van der Waals surface area contributed by atoms with E-state index in [2.05, 4.69) is 34.3 Å². The van der Waals surface area contributed by atoms with E-state index in [0.29, 0.717) is 45.5 Å². The molecule has 3 heterocycles. The number of aromatic nitrogens is 2. The molecule has 12 nitrogen and oxygen atoms in total. The van der Waals surface area contributed by atoms with Gasteiger partial charge in [-0.15, -0.1) is 0 Å². The molecule has 47 heavy (non-hydrogen) atoms. The number of ether oxygens (including phenoxy) is 3. The van der Waals surface area contributed by atoms with Crippen LogP contribution in [0.15, 0.2) is 61.2 Å².